The standard InChI is InChI=1S/C17H13F3N2O4/c1-8-13(16(23)25-3)22-15(26-8)10-4-6-11(24-2)14-9(10)5-7-12(21-14)17(18,19)20/h4-7H,1-3H3. The summed E-state index contributed by atoms with van der Waals surface area (Å²) in [6, 6.07) is 5.16. The topological polar surface area (TPSA) is 74.5 Å². The summed E-state index contributed by atoms with van der Waals surface area (Å²) in [5.74, 6) is -0.202. The first-order valence-corrected chi connectivity index (χ1v) is 7.37. The number of esters is 1. The number of oxazole rings is 1. The molecule has 0 amide bonds. The Balaban J connectivity index is 2.23. The van der Waals surface area contributed by atoms with Crippen molar-refractivity contribution < 1.29 is 31.9 Å². The predicted octanol–water partition coefficient (Wildman–Crippen LogP) is 4.01. The molecular weight excluding hydrogens is 353 g/mol. The van der Waals surface area contributed by atoms with Gasteiger partial charge < -0.3 is 13.9 Å². The third-order valence-corrected chi connectivity index (χ3v) is 3.74. The van der Waals surface area contributed by atoms with Crippen molar-refractivity contribution in [3.8, 4) is 17.2 Å². The van der Waals surface area contributed by atoms with E-state index in [9.17, 15) is 18.0 Å². The Morgan fingerprint density at radius 3 is 2.46 bits per heavy atom. The molecule has 1 aromatic carbocycles. The molecule has 0 atom stereocenters. The maximum Gasteiger partial charge on any atom is 0.433 e. The number of methoxy groups -OCH3 is 2. The van der Waals surface area contributed by atoms with Crippen LogP contribution in [0.3, 0.4) is 0 Å². The third-order valence-electron chi connectivity index (χ3n) is 3.74. The number of benzene rings is 1. The van der Waals surface area contributed by atoms with Gasteiger partial charge in [-0.15, -0.1) is 0 Å². The Morgan fingerprint density at radius 1 is 1.12 bits per heavy atom. The number of aryl methyl sites for hydroxylation is 1. The first-order valence-electron chi connectivity index (χ1n) is 7.37. The summed E-state index contributed by atoms with van der Waals surface area (Å²) < 4.78 is 54.2. The number of ether oxygens (including phenoxy) is 2. The van der Waals surface area contributed by atoms with Gasteiger partial charge in [-0.05, 0) is 31.2 Å². The molecule has 2 aromatic heterocycles. The number of carbonyl (C=O) groups excluding carboxylic acids is 1. The number of nitrogens with zero attached hydrogens (tertiary/aromatic N) is 2. The van der Waals surface area contributed by atoms with E-state index in [2.05, 4.69) is 14.7 Å². The monoisotopic (exact) mass is 366 g/mol. The number of fused-ring (bicyclic) bond motifs is 1. The third kappa shape index (κ3) is 2.96. The zero-order valence-electron chi connectivity index (χ0n) is 14.0. The van der Waals surface area contributed by atoms with E-state index >= 15 is 0 Å². The van der Waals surface area contributed by atoms with E-state index in [1.807, 2.05) is 0 Å². The number of pyridine rings is 1. The van der Waals surface area contributed by atoms with Crippen molar-refractivity contribution in [2.45, 2.75) is 13.1 Å². The highest BCUT2D eigenvalue weighted by Crippen LogP contribution is 2.36. The molecule has 3 aromatic rings. The van der Waals surface area contributed by atoms with Gasteiger partial charge in [0.05, 0.1) is 14.2 Å². The molecule has 0 spiro atoms. The van der Waals surface area contributed by atoms with Crippen molar-refractivity contribution in [1.29, 1.82) is 0 Å². The van der Waals surface area contributed by atoms with Crippen LogP contribution in [0, 0.1) is 6.92 Å². The highest BCUT2D eigenvalue weighted by Gasteiger charge is 2.33. The smallest absolute Gasteiger partial charge is 0.433 e. The number of hydrogen-bond donors (Lipinski definition) is 0. The second-order valence-corrected chi connectivity index (χ2v) is 5.32. The molecule has 6 nitrogen and oxygen atoms in total. The Hall–Kier alpha value is -3.10. The van der Waals surface area contributed by atoms with Crippen molar-refractivity contribution in [1.82, 2.24) is 9.97 Å². The first kappa shape index (κ1) is 17.7. The van der Waals surface area contributed by atoms with Crippen molar-refractivity contribution in [3.63, 3.8) is 0 Å². The van der Waals surface area contributed by atoms with E-state index in [0.29, 0.717) is 10.9 Å². The number of aromatic nitrogens is 2. The SMILES string of the molecule is COC(=O)c1nc(-c2ccc(OC)c3nc(C(F)(F)F)ccc23)oc1C. The van der Waals surface area contributed by atoms with Crippen LogP contribution in [0.15, 0.2) is 28.7 Å². The fraction of sp³-hybridized carbons (Fsp3) is 0.235. The molecule has 2 heterocycles. The first-order chi connectivity index (χ1) is 12.3. The molecule has 0 aliphatic heterocycles. The minimum atomic E-state index is -4.59. The summed E-state index contributed by atoms with van der Waals surface area (Å²) in [4.78, 5) is 19.5. The van der Waals surface area contributed by atoms with E-state index in [-0.39, 0.29) is 28.6 Å². The van der Waals surface area contributed by atoms with Crippen LogP contribution < -0.4 is 4.74 Å². The second-order valence-electron chi connectivity index (χ2n) is 5.32. The quantitative estimate of drug-likeness (QED) is 0.652. The Kier molecular flexibility index (Phi) is 4.31. The Labute approximate surface area is 145 Å². The van der Waals surface area contributed by atoms with Crippen LogP contribution in [0.1, 0.15) is 21.9 Å². The van der Waals surface area contributed by atoms with Gasteiger partial charge in [-0.2, -0.15) is 13.2 Å². The molecule has 0 aliphatic carbocycles. The maximum atomic E-state index is 13.0. The van der Waals surface area contributed by atoms with Crippen LogP contribution in [0.4, 0.5) is 13.2 Å². The summed E-state index contributed by atoms with van der Waals surface area (Å²) in [7, 11) is 2.54. The molecule has 3 rings (SSSR count). The molecular formula is C17H13F3N2O4. The van der Waals surface area contributed by atoms with Crippen LogP contribution >= 0.6 is 0 Å². The lowest BCUT2D eigenvalue weighted by Gasteiger charge is -2.11. The zero-order valence-corrected chi connectivity index (χ0v) is 14.0. The fourth-order valence-electron chi connectivity index (χ4n) is 2.50. The average molecular weight is 366 g/mol. The van der Waals surface area contributed by atoms with Gasteiger partial charge >= 0.3 is 12.1 Å². The lowest BCUT2D eigenvalue weighted by atomic mass is 10.1. The van der Waals surface area contributed by atoms with Gasteiger partial charge in [0.15, 0.2) is 5.69 Å². The maximum absolute atomic E-state index is 13.0. The lowest BCUT2D eigenvalue weighted by Crippen LogP contribution is -2.08. The average Bonchev–Trinajstić information content (AvgIpc) is 3.00. The van der Waals surface area contributed by atoms with E-state index < -0.39 is 17.8 Å². The van der Waals surface area contributed by atoms with Gasteiger partial charge in [-0.1, -0.05) is 0 Å². The number of rotatable bonds is 3. The molecule has 0 fully saturated rings. The summed E-state index contributed by atoms with van der Waals surface area (Å²) in [6.07, 6.45) is -4.59. The molecule has 0 radical (unpaired) electrons. The van der Waals surface area contributed by atoms with Crippen LogP contribution in [0.2, 0.25) is 0 Å². The molecule has 0 N–H and O–H groups in total. The summed E-state index contributed by atoms with van der Waals surface area (Å²) >= 11 is 0. The van der Waals surface area contributed by atoms with Gasteiger partial charge in [0.1, 0.15) is 22.7 Å². The minimum absolute atomic E-state index is 0.00802. The number of carbonyl (C=O) groups is 1. The molecule has 0 bridgehead atoms. The fourth-order valence-corrected chi connectivity index (χ4v) is 2.50. The van der Waals surface area contributed by atoms with Crippen molar-refractivity contribution >= 4 is 16.9 Å². The summed E-state index contributed by atoms with van der Waals surface area (Å²) in [5.41, 5.74) is -0.666. The van der Waals surface area contributed by atoms with Crippen LogP contribution in [0.5, 0.6) is 5.75 Å². The van der Waals surface area contributed by atoms with E-state index in [0.717, 1.165) is 6.07 Å². The highest BCUT2D eigenvalue weighted by atomic mass is 19.4. The second kappa shape index (κ2) is 6.32. The molecule has 9 heteroatoms. The number of halogens is 3. The van der Waals surface area contributed by atoms with E-state index in [4.69, 9.17) is 9.15 Å². The summed E-state index contributed by atoms with van der Waals surface area (Å²) in [6.45, 7) is 1.54. The molecule has 136 valence electrons. The zero-order chi connectivity index (χ0) is 19.1. The van der Waals surface area contributed by atoms with E-state index in [1.165, 1.54) is 33.3 Å². The Bertz CT molecular complexity index is 996. The molecule has 26 heavy (non-hydrogen) atoms. The van der Waals surface area contributed by atoms with Gasteiger partial charge in [0.2, 0.25) is 5.89 Å². The number of alkyl halides is 3. The van der Waals surface area contributed by atoms with Gasteiger partial charge in [0, 0.05) is 10.9 Å². The van der Waals surface area contributed by atoms with Crippen LogP contribution in [-0.4, -0.2) is 30.2 Å². The Morgan fingerprint density at radius 2 is 1.85 bits per heavy atom. The molecule has 0 saturated heterocycles. The van der Waals surface area contributed by atoms with Crippen LogP contribution in [0.25, 0.3) is 22.4 Å². The lowest BCUT2D eigenvalue weighted by molar-refractivity contribution is -0.140. The summed E-state index contributed by atoms with van der Waals surface area (Å²) in [5, 5.41) is 0.343. The van der Waals surface area contributed by atoms with Crippen molar-refractivity contribution in [2.24, 2.45) is 0 Å². The van der Waals surface area contributed by atoms with Crippen LogP contribution in [-0.2, 0) is 10.9 Å². The van der Waals surface area contributed by atoms with Gasteiger partial charge in [-0.25, -0.2) is 14.8 Å². The predicted molar refractivity (Wildman–Crippen MR) is 84.9 cm³/mol. The normalized spacial score (nSPS) is 11.6. The largest absolute Gasteiger partial charge is 0.494 e. The van der Waals surface area contributed by atoms with Crippen molar-refractivity contribution in [2.75, 3.05) is 14.2 Å². The number of hydrogen-bond acceptors (Lipinski definition) is 6. The van der Waals surface area contributed by atoms with Crippen molar-refractivity contribution in [3.05, 3.63) is 41.4 Å². The minimum Gasteiger partial charge on any atom is -0.494 e. The highest BCUT2D eigenvalue weighted by molar-refractivity contribution is 5.97. The van der Waals surface area contributed by atoms with Gasteiger partial charge in [0.25, 0.3) is 0 Å². The molecule has 0 aliphatic rings. The van der Waals surface area contributed by atoms with E-state index in [1.54, 1.807) is 6.07 Å². The molecule has 0 unspecified atom stereocenters. The molecule has 0 saturated carbocycles. The van der Waals surface area contributed by atoms with Gasteiger partial charge in [-0.3, -0.25) is 0 Å².